The zero-order valence-corrected chi connectivity index (χ0v) is 66.6. The van der Waals surface area contributed by atoms with E-state index in [4.69, 9.17) is 18.9 Å². The topological polar surface area (TPSA) is 118 Å². The number of rotatable bonds is 56. The zero-order chi connectivity index (χ0) is 72.3. The van der Waals surface area contributed by atoms with Crippen molar-refractivity contribution in [2.75, 3.05) is 0 Å². The average molecular weight is 1390 g/mol. The highest BCUT2D eigenvalue weighted by molar-refractivity contribution is 5.63. The first-order valence-corrected chi connectivity index (χ1v) is 42.8. The molecule has 0 aliphatic heterocycles. The van der Waals surface area contributed by atoms with Crippen molar-refractivity contribution in [2.45, 2.75) is 439 Å². The lowest BCUT2D eigenvalue weighted by Crippen LogP contribution is -2.18. The summed E-state index contributed by atoms with van der Waals surface area (Å²) in [5.74, 6) is 2.09. The number of phenols is 4. The maximum absolute atomic E-state index is 13.3. The highest BCUT2D eigenvalue weighted by Crippen LogP contribution is 2.54. The molecule has 4 N–H and O–H groups in total. The summed E-state index contributed by atoms with van der Waals surface area (Å²) in [5, 5.41) is 53.0. The normalized spacial score (nSPS) is 16.5. The van der Waals surface area contributed by atoms with Crippen LogP contribution in [0.25, 0.3) is 0 Å². The monoisotopic (exact) mass is 1390 g/mol. The molecule has 0 fully saturated rings. The van der Waals surface area contributed by atoms with E-state index in [1.54, 1.807) is 0 Å². The van der Waals surface area contributed by atoms with Gasteiger partial charge in [-0.1, -0.05) is 312 Å². The minimum atomic E-state index is -0.334. The Balaban J connectivity index is 1.99. The van der Waals surface area contributed by atoms with Crippen molar-refractivity contribution in [2.24, 2.45) is 0 Å². The number of benzene rings is 4. The van der Waals surface area contributed by atoms with Crippen LogP contribution < -0.4 is 18.9 Å². The minimum absolute atomic E-state index is 0.129. The molecule has 0 saturated heterocycles. The number of aromatic hydroxyl groups is 4. The van der Waals surface area contributed by atoms with E-state index in [0.29, 0.717) is 23.0 Å². The number of unbranched alkanes of at least 4 members (excludes halogenated alkanes) is 32. The van der Waals surface area contributed by atoms with Gasteiger partial charge in [0.2, 0.25) is 0 Å². The van der Waals surface area contributed by atoms with Crippen molar-refractivity contribution in [3.8, 4) is 46.0 Å². The fourth-order valence-electron chi connectivity index (χ4n) is 16.3. The SMILES string of the molecule is CCCCCCCCCCCC1c2cc(c(O[C@@H](C)CCC)cc2O)C(CCCCCCCCCCC)c2cc(c(O[C@@H](C)CCC)cc2O)C(CCCCCCCCCCC)c2cc(c(O[C@@H](C)CCC)cc2O)C(CCCCCCCCCCC)c2cc1c(O[C@@H](C)CCC)cc2O. The Morgan fingerprint density at radius 1 is 0.220 bits per heavy atom. The molecule has 0 amide bonds. The van der Waals surface area contributed by atoms with E-state index in [1.807, 2.05) is 24.3 Å². The molecule has 4 aromatic carbocycles. The van der Waals surface area contributed by atoms with Gasteiger partial charge in [-0.05, 0) is 103 Å². The molecule has 568 valence electrons. The van der Waals surface area contributed by atoms with Gasteiger partial charge < -0.3 is 39.4 Å². The quantitative estimate of drug-likeness (QED) is 0.0323. The lowest BCUT2D eigenvalue weighted by atomic mass is 9.76. The average Bonchev–Trinajstić information content (AvgIpc) is 0.753. The van der Waals surface area contributed by atoms with Crippen molar-refractivity contribution in [3.63, 3.8) is 0 Å². The van der Waals surface area contributed by atoms with E-state index < -0.39 is 0 Å². The molecule has 5 rings (SSSR count). The molecule has 0 aromatic heterocycles. The molecular formula is C92H152O8. The number of hydrogen-bond donors (Lipinski definition) is 4. The van der Waals surface area contributed by atoms with Gasteiger partial charge in [0.1, 0.15) is 46.0 Å². The largest absolute Gasteiger partial charge is 0.508 e. The summed E-state index contributed by atoms with van der Waals surface area (Å²) in [6, 6.07) is 16.9. The van der Waals surface area contributed by atoms with Gasteiger partial charge in [0.25, 0.3) is 0 Å². The number of phenolic OH excluding ortho intramolecular Hbond substituents is 4. The van der Waals surface area contributed by atoms with Gasteiger partial charge in [-0.25, -0.2) is 0 Å². The maximum Gasteiger partial charge on any atom is 0.127 e. The van der Waals surface area contributed by atoms with Gasteiger partial charge in [0.05, 0.1) is 24.4 Å². The molecule has 8 bridgehead atoms. The van der Waals surface area contributed by atoms with Gasteiger partial charge in [0.15, 0.2) is 0 Å². The van der Waals surface area contributed by atoms with E-state index in [9.17, 15) is 20.4 Å². The van der Waals surface area contributed by atoms with Crippen LogP contribution >= 0.6 is 0 Å². The number of ether oxygens (including phenoxy) is 4. The summed E-state index contributed by atoms with van der Waals surface area (Å²) >= 11 is 0. The van der Waals surface area contributed by atoms with E-state index in [0.717, 1.165) is 199 Å². The lowest BCUT2D eigenvalue weighted by Gasteiger charge is -2.32. The molecular weight excluding hydrogens is 1230 g/mol. The van der Waals surface area contributed by atoms with Crippen LogP contribution in [-0.2, 0) is 0 Å². The highest BCUT2D eigenvalue weighted by Gasteiger charge is 2.35. The molecule has 100 heavy (non-hydrogen) atoms. The fourth-order valence-corrected chi connectivity index (χ4v) is 16.3. The first-order valence-electron chi connectivity index (χ1n) is 42.8. The Labute approximate surface area is 614 Å². The zero-order valence-electron chi connectivity index (χ0n) is 66.6. The molecule has 1 aliphatic rings. The molecule has 0 spiro atoms. The Morgan fingerprint density at radius 3 is 0.540 bits per heavy atom. The number of hydrogen-bond acceptors (Lipinski definition) is 8. The Hall–Kier alpha value is -4.72. The molecule has 0 heterocycles. The van der Waals surface area contributed by atoms with Crippen molar-refractivity contribution in [1.82, 2.24) is 0 Å². The standard InChI is InChI=1S/C92H152O8/c1-13-21-25-29-33-37-41-45-49-57-73-77-61-82(90(65-85(77)93)98-70(10)54-18-6)75(59-51-47-43-39-35-31-27-23-15-3)79-63-84(92(67-87(79)95)100-72(12)56-20-8)76(60-52-48-44-40-36-32-28-24-16-4)80-64-83(91(68-88(80)96)99-71(11)55-19-7)74(58-50-46-42-38-34-30-26-22-14-2)78-62-81(73)89(66-86(78)94)97-69(9)53-17-5/h61-76,93-96H,13-60H2,1-12H3/t69-,70-,71-,72-,73?,74?,75?,76?/m0/s1. The van der Waals surface area contributed by atoms with Crippen LogP contribution in [0.15, 0.2) is 48.5 Å². The fraction of sp³-hybridized carbons (Fsp3) is 0.739. The lowest BCUT2D eigenvalue weighted by molar-refractivity contribution is 0.205. The summed E-state index contributed by atoms with van der Waals surface area (Å²) in [6.45, 7) is 26.6. The van der Waals surface area contributed by atoms with Crippen molar-refractivity contribution >= 4 is 0 Å². The smallest absolute Gasteiger partial charge is 0.127 e. The summed E-state index contributed by atoms with van der Waals surface area (Å²) in [5.41, 5.74) is 7.21. The highest BCUT2D eigenvalue weighted by atomic mass is 16.5. The molecule has 4 unspecified atom stereocenters. The predicted octanol–water partition coefficient (Wildman–Crippen LogP) is 29.3. The third-order valence-electron chi connectivity index (χ3n) is 22.1. The van der Waals surface area contributed by atoms with Crippen LogP contribution in [0.3, 0.4) is 0 Å². The summed E-state index contributed by atoms with van der Waals surface area (Å²) in [4.78, 5) is 0. The van der Waals surface area contributed by atoms with Crippen LogP contribution in [0.2, 0.25) is 0 Å². The van der Waals surface area contributed by atoms with Gasteiger partial charge >= 0.3 is 0 Å². The van der Waals surface area contributed by atoms with Gasteiger partial charge in [-0.3, -0.25) is 0 Å². The molecule has 0 saturated carbocycles. The Bertz CT molecular complexity index is 2410. The molecule has 8 atom stereocenters. The Kier molecular flexibility index (Phi) is 43.5. The van der Waals surface area contributed by atoms with Crippen LogP contribution in [-0.4, -0.2) is 44.8 Å². The van der Waals surface area contributed by atoms with Crippen LogP contribution in [0.5, 0.6) is 46.0 Å². The van der Waals surface area contributed by atoms with Crippen molar-refractivity contribution in [3.05, 3.63) is 93.0 Å². The van der Waals surface area contributed by atoms with E-state index in [2.05, 4.69) is 107 Å². The second-order valence-electron chi connectivity index (χ2n) is 31.3. The molecule has 0 radical (unpaired) electrons. The van der Waals surface area contributed by atoms with Gasteiger partial charge in [-0.2, -0.15) is 0 Å². The molecule has 4 aromatic rings. The Morgan fingerprint density at radius 2 is 0.380 bits per heavy atom. The predicted molar refractivity (Wildman–Crippen MR) is 427 cm³/mol. The van der Waals surface area contributed by atoms with E-state index in [1.165, 1.54) is 154 Å². The van der Waals surface area contributed by atoms with Crippen LogP contribution in [0.1, 0.15) is 459 Å². The third kappa shape index (κ3) is 29.8. The summed E-state index contributed by atoms with van der Waals surface area (Å²) in [6.07, 6.45) is 52.7. The molecule has 8 heteroatoms. The second kappa shape index (κ2) is 50.6. The number of fused-ring (bicyclic) bond motifs is 8. The van der Waals surface area contributed by atoms with Crippen molar-refractivity contribution < 1.29 is 39.4 Å². The van der Waals surface area contributed by atoms with Gasteiger partial charge in [0, 0.05) is 92.4 Å². The molecule has 1 aliphatic carbocycles. The van der Waals surface area contributed by atoms with Crippen LogP contribution in [0.4, 0.5) is 0 Å². The molecule has 8 nitrogen and oxygen atoms in total. The minimum Gasteiger partial charge on any atom is -0.508 e. The summed E-state index contributed by atoms with van der Waals surface area (Å²) < 4.78 is 28.8. The second-order valence-corrected chi connectivity index (χ2v) is 31.3. The van der Waals surface area contributed by atoms with Crippen molar-refractivity contribution in [1.29, 1.82) is 0 Å². The summed E-state index contributed by atoms with van der Waals surface area (Å²) in [7, 11) is 0. The van der Waals surface area contributed by atoms with Gasteiger partial charge in [-0.15, -0.1) is 0 Å². The first kappa shape index (κ1) is 85.9. The maximum atomic E-state index is 13.3. The van der Waals surface area contributed by atoms with E-state index >= 15 is 0 Å². The van der Waals surface area contributed by atoms with Crippen LogP contribution in [0, 0.1) is 0 Å². The first-order chi connectivity index (χ1) is 48.7. The van der Waals surface area contributed by atoms with E-state index in [-0.39, 0.29) is 71.1 Å². The third-order valence-corrected chi connectivity index (χ3v) is 22.1.